The van der Waals surface area contributed by atoms with Crippen molar-refractivity contribution in [2.45, 2.75) is 0 Å². The first-order chi connectivity index (χ1) is 9.74. The van der Waals surface area contributed by atoms with E-state index in [-0.39, 0.29) is 11.8 Å². The van der Waals surface area contributed by atoms with E-state index in [0.29, 0.717) is 17.2 Å². The van der Waals surface area contributed by atoms with Crippen molar-refractivity contribution in [3.05, 3.63) is 45.3 Å². The lowest BCUT2D eigenvalue weighted by molar-refractivity contribution is 0.174. The third-order valence-corrected chi connectivity index (χ3v) is 2.97. The summed E-state index contributed by atoms with van der Waals surface area (Å²) in [5.74, 6) is 1.38. The third kappa shape index (κ3) is 2.43. The zero-order valence-electron chi connectivity index (χ0n) is 10.1. The van der Waals surface area contributed by atoms with Gasteiger partial charge in [-0.3, -0.25) is 10.2 Å². The van der Waals surface area contributed by atoms with Crippen LogP contribution < -0.4 is 20.5 Å². The molecule has 0 bridgehead atoms. The molecule has 1 aromatic heterocycles. The predicted molar refractivity (Wildman–Crippen MR) is 73.6 cm³/mol. The van der Waals surface area contributed by atoms with Gasteiger partial charge in [-0.1, -0.05) is 11.6 Å². The van der Waals surface area contributed by atoms with Crippen molar-refractivity contribution in [1.29, 1.82) is 0 Å². The van der Waals surface area contributed by atoms with Crippen molar-refractivity contribution in [1.82, 2.24) is 10.2 Å². The Hall–Kier alpha value is -2.54. The molecule has 0 radical (unpaired) electrons. The summed E-state index contributed by atoms with van der Waals surface area (Å²) in [6.45, 7) is 0.224. The van der Waals surface area contributed by atoms with E-state index in [0.717, 1.165) is 5.56 Å². The smallest absolute Gasteiger partial charge is 0.285 e. The van der Waals surface area contributed by atoms with Gasteiger partial charge in [0.25, 0.3) is 5.56 Å². The number of hydrazone groups is 1. The third-order valence-electron chi connectivity index (χ3n) is 2.59. The summed E-state index contributed by atoms with van der Waals surface area (Å²) in [7, 11) is 0. The van der Waals surface area contributed by atoms with Gasteiger partial charge in [0.1, 0.15) is 10.7 Å². The van der Waals surface area contributed by atoms with Crippen LogP contribution in [0.25, 0.3) is 0 Å². The lowest BCUT2D eigenvalue weighted by Gasteiger charge is -2.01. The maximum atomic E-state index is 11.2. The van der Waals surface area contributed by atoms with E-state index in [1.54, 1.807) is 18.3 Å². The molecule has 8 heteroatoms. The summed E-state index contributed by atoms with van der Waals surface area (Å²) in [5, 5.41) is 9.83. The van der Waals surface area contributed by atoms with Crippen LogP contribution in [0.2, 0.25) is 5.02 Å². The molecule has 1 aromatic carbocycles. The average molecular weight is 293 g/mol. The molecule has 0 atom stereocenters. The largest absolute Gasteiger partial charge is 0.454 e. The van der Waals surface area contributed by atoms with Crippen LogP contribution in [-0.4, -0.2) is 23.2 Å². The highest BCUT2D eigenvalue weighted by Crippen LogP contribution is 2.31. The Bertz CT molecular complexity index is 729. The maximum absolute atomic E-state index is 11.2. The van der Waals surface area contributed by atoms with Crippen molar-refractivity contribution in [2.24, 2.45) is 5.10 Å². The number of H-pyrrole nitrogens is 1. The average Bonchev–Trinajstić information content (AvgIpc) is 2.91. The van der Waals surface area contributed by atoms with Crippen molar-refractivity contribution in [2.75, 3.05) is 12.2 Å². The minimum atomic E-state index is -0.477. The molecule has 0 amide bonds. The van der Waals surface area contributed by atoms with Crippen molar-refractivity contribution in [3.8, 4) is 11.5 Å². The highest BCUT2D eigenvalue weighted by atomic mass is 35.5. The molecule has 2 aromatic rings. The van der Waals surface area contributed by atoms with E-state index in [2.05, 4.69) is 20.7 Å². The van der Waals surface area contributed by atoms with Gasteiger partial charge in [-0.2, -0.15) is 10.2 Å². The second kappa shape index (κ2) is 5.22. The summed E-state index contributed by atoms with van der Waals surface area (Å²) < 4.78 is 10.5. The van der Waals surface area contributed by atoms with Crippen LogP contribution in [0.1, 0.15) is 5.56 Å². The molecule has 2 heterocycles. The summed E-state index contributed by atoms with van der Waals surface area (Å²) >= 11 is 5.80. The van der Waals surface area contributed by atoms with E-state index in [9.17, 15) is 4.79 Å². The second-order valence-electron chi connectivity index (χ2n) is 3.91. The van der Waals surface area contributed by atoms with Gasteiger partial charge in [0.05, 0.1) is 12.4 Å². The Morgan fingerprint density at radius 3 is 3.15 bits per heavy atom. The topological polar surface area (TPSA) is 88.6 Å². The van der Waals surface area contributed by atoms with Crippen LogP contribution in [0.15, 0.2) is 34.3 Å². The molecular formula is C12H9ClN4O3. The Morgan fingerprint density at radius 1 is 1.40 bits per heavy atom. The lowest BCUT2D eigenvalue weighted by atomic mass is 10.2. The van der Waals surface area contributed by atoms with Crippen molar-refractivity contribution in [3.63, 3.8) is 0 Å². The highest BCUT2D eigenvalue weighted by Gasteiger charge is 2.12. The molecule has 3 rings (SSSR count). The SMILES string of the molecule is O=c1[nH]ncc(N/N=C\c2ccc3c(c2)OCO3)c1Cl. The Balaban J connectivity index is 1.75. The molecule has 0 saturated heterocycles. The minimum Gasteiger partial charge on any atom is -0.454 e. The molecule has 0 saturated carbocycles. The first-order valence-electron chi connectivity index (χ1n) is 5.66. The van der Waals surface area contributed by atoms with Crippen molar-refractivity contribution >= 4 is 23.5 Å². The van der Waals surface area contributed by atoms with Crippen LogP contribution in [0.4, 0.5) is 5.69 Å². The van der Waals surface area contributed by atoms with Crippen LogP contribution in [0.5, 0.6) is 11.5 Å². The molecule has 7 nitrogen and oxygen atoms in total. The normalized spacial score (nSPS) is 12.8. The molecule has 1 aliphatic heterocycles. The Labute approximate surface area is 118 Å². The fourth-order valence-corrected chi connectivity index (χ4v) is 1.76. The Morgan fingerprint density at radius 2 is 2.25 bits per heavy atom. The molecule has 20 heavy (non-hydrogen) atoms. The number of nitrogens with one attached hydrogen (secondary N) is 2. The van der Waals surface area contributed by atoms with Crippen LogP contribution in [0.3, 0.4) is 0 Å². The predicted octanol–water partition coefficient (Wildman–Crippen LogP) is 1.60. The first-order valence-corrected chi connectivity index (χ1v) is 6.04. The number of rotatable bonds is 3. The van der Waals surface area contributed by atoms with Gasteiger partial charge in [0.15, 0.2) is 11.5 Å². The van der Waals surface area contributed by atoms with Gasteiger partial charge in [-0.05, 0) is 23.8 Å². The standard InChI is InChI=1S/C12H9ClN4O3/c13-11-8(5-15-17-12(11)18)16-14-4-7-1-2-9-10(3-7)20-6-19-9/h1-5H,6H2,(H2,16,17,18)/b14-4-. The number of nitrogens with zero attached hydrogens (tertiary/aromatic N) is 2. The van der Waals surface area contributed by atoms with Gasteiger partial charge < -0.3 is 9.47 Å². The maximum Gasteiger partial charge on any atom is 0.285 e. The van der Waals surface area contributed by atoms with Gasteiger partial charge in [-0.15, -0.1) is 0 Å². The van der Waals surface area contributed by atoms with E-state index in [1.807, 2.05) is 6.07 Å². The van der Waals surface area contributed by atoms with Gasteiger partial charge >= 0.3 is 0 Å². The van der Waals surface area contributed by atoms with Crippen LogP contribution >= 0.6 is 11.6 Å². The highest BCUT2D eigenvalue weighted by molar-refractivity contribution is 6.32. The number of aromatic nitrogens is 2. The van der Waals surface area contributed by atoms with E-state index >= 15 is 0 Å². The van der Waals surface area contributed by atoms with Gasteiger partial charge in [0, 0.05) is 0 Å². The second-order valence-corrected chi connectivity index (χ2v) is 4.29. The summed E-state index contributed by atoms with van der Waals surface area (Å²) in [4.78, 5) is 11.2. The fourth-order valence-electron chi connectivity index (χ4n) is 1.63. The van der Waals surface area contributed by atoms with Crippen LogP contribution in [0, 0.1) is 0 Å². The fraction of sp³-hybridized carbons (Fsp3) is 0.0833. The number of halogens is 1. The van der Waals surface area contributed by atoms with Crippen molar-refractivity contribution < 1.29 is 9.47 Å². The summed E-state index contributed by atoms with van der Waals surface area (Å²) in [5.41, 5.74) is 3.32. The molecule has 0 spiro atoms. The number of anilines is 1. The monoisotopic (exact) mass is 292 g/mol. The molecule has 0 unspecified atom stereocenters. The Kier molecular flexibility index (Phi) is 3.26. The first kappa shape index (κ1) is 12.5. The van der Waals surface area contributed by atoms with Gasteiger partial charge in [-0.25, -0.2) is 5.10 Å². The van der Waals surface area contributed by atoms with E-state index < -0.39 is 5.56 Å². The zero-order chi connectivity index (χ0) is 13.9. The number of ether oxygens (including phenoxy) is 2. The van der Waals surface area contributed by atoms with E-state index in [1.165, 1.54) is 6.20 Å². The number of aromatic amines is 1. The molecule has 102 valence electrons. The quantitative estimate of drug-likeness (QED) is 0.662. The molecule has 2 N–H and O–H groups in total. The van der Waals surface area contributed by atoms with Crippen LogP contribution in [-0.2, 0) is 0 Å². The summed E-state index contributed by atoms with van der Waals surface area (Å²) in [6, 6.07) is 5.42. The molecule has 0 aliphatic carbocycles. The molecular weight excluding hydrogens is 284 g/mol. The number of benzene rings is 1. The summed E-state index contributed by atoms with van der Waals surface area (Å²) in [6.07, 6.45) is 2.94. The molecule has 0 fully saturated rings. The molecule has 1 aliphatic rings. The lowest BCUT2D eigenvalue weighted by Crippen LogP contribution is -2.10. The minimum absolute atomic E-state index is 0.00263. The van der Waals surface area contributed by atoms with E-state index in [4.69, 9.17) is 21.1 Å². The number of hydrogen-bond acceptors (Lipinski definition) is 6. The zero-order valence-corrected chi connectivity index (χ0v) is 10.8. The number of hydrogen-bond donors (Lipinski definition) is 2. The number of fused-ring (bicyclic) bond motifs is 1. The van der Waals surface area contributed by atoms with Gasteiger partial charge in [0.2, 0.25) is 6.79 Å².